The van der Waals surface area contributed by atoms with Gasteiger partial charge in [0.2, 0.25) is 0 Å². The molecule has 0 N–H and O–H groups in total. The van der Waals surface area contributed by atoms with E-state index >= 15 is 0 Å². The van der Waals surface area contributed by atoms with E-state index < -0.39 is 0 Å². The Labute approximate surface area is 182 Å². The Kier molecular flexibility index (Phi) is 4.70. The molecule has 2 heterocycles. The molecule has 154 valence electrons. The minimum Gasteiger partial charge on any atom is -0.423 e. The van der Waals surface area contributed by atoms with Gasteiger partial charge in [-0.25, -0.2) is 9.78 Å². The highest BCUT2D eigenvalue weighted by Crippen LogP contribution is 2.35. The van der Waals surface area contributed by atoms with Crippen molar-refractivity contribution in [3.05, 3.63) is 94.5 Å². The van der Waals surface area contributed by atoms with Crippen LogP contribution in [0.1, 0.15) is 32.6 Å². The molecule has 0 saturated heterocycles. The summed E-state index contributed by atoms with van der Waals surface area (Å²) in [7, 11) is 0. The Morgan fingerprint density at radius 2 is 1.61 bits per heavy atom. The minimum absolute atomic E-state index is 0.349. The average Bonchev–Trinajstić information content (AvgIpc) is 3.14. The molecule has 0 fully saturated rings. The molecule has 1 aliphatic heterocycles. The molecule has 1 aromatic heterocycles. The molecular formula is C27H24N2O2. The van der Waals surface area contributed by atoms with Gasteiger partial charge >= 0.3 is 5.97 Å². The number of anilines is 2. The molecule has 0 bridgehead atoms. The summed E-state index contributed by atoms with van der Waals surface area (Å²) in [5.41, 5.74) is 7.18. The van der Waals surface area contributed by atoms with Gasteiger partial charge in [0.15, 0.2) is 0 Å². The van der Waals surface area contributed by atoms with E-state index in [4.69, 9.17) is 9.72 Å². The highest BCUT2D eigenvalue weighted by molar-refractivity contribution is 5.92. The number of ether oxygens (including phenoxy) is 1. The zero-order valence-corrected chi connectivity index (χ0v) is 18.0. The molecule has 31 heavy (non-hydrogen) atoms. The van der Waals surface area contributed by atoms with Crippen LogP contribution in [0.25, 0.3) is 10.9 Å². The average molecular weight is 409 g/mol. The monoisotopic (exact) mass is 408 g/mol. The molecule has 1 aliphatic rings. The van der Waals surface area contributed by atoms with E-state index in [9.17, 15) is 4.79 Å². The van der Waals surface area contributed by atoms with Crippen LogP contribution in [0.3, 0.4) is 0 Å². The molecule has 4 aromatic rings. The molecule has 0 spiro atoms. The number of fused-ring (bicyclic) bond motifs is 2. The topological polar surface area (TPSA) is 42.4 Å². The first-order valence-corrected chi connectivity index (χ1v) is 10.5. The lowest BCUT2D eigenvalue weighted by Crippen LogP contribution is -2.15. The summed E-state index contributed by atoms with van der Waals surface area (Å²) < 4.78 is 5.58. The Morgan fingerprint density at radius 3 is 2.35 bits per heavy atom. The quantitative estimate of drug-likeness (QED) is 0.305. The van der Waals surface area contributed by atoms with Crippen LogP contribution in [0, 0.1) is 20.8 Å². The van der Waals surface area contributed by atoms with E-state index in [0.717, 1.165) is 41.1 Å². The van der Waals surface area contributed by atoms with Gasteiger partial charge < -0.3 is 9.64 Å². The summed E-state index contributed by atoms with van der Waals surface area (Å²) in [6.45, 7) is 6.95. The smallest absolute Gasteiger partial charge is 0.343 e. The van der Waals surface area contributed by atoms with E-state index in [-0.39, 0.29) is 5.97 Å². The lowest BCUT2D eigenvalue weighted by atomic mass is 10.1. The van der Waals surface area contributed by atoms with Crippen LogP contribution >= 0.6 is 0 Å². The Hall–Kier alpha value is -3.66. The van der Waals surface area contributed by atoms with Gasteiger partial charge in [-0.1, -0.05) is 18.2 Å². The van der Waals surface area contributed by atoms with E-state index in [1.54, 1.807) is 0 Å². The fourth-order valence-corrected chi connectivity index (χ4v) is 4.25. The highest BCUT2D eigenvalue weighted by Gasteiger charge is 2.23. The SMILES string of the molecule is Cc1cc(C)cc(OC(=O)c2ccc(N3CCc4cc5ccc(C)cc5nc43)cc2)c1. The third-order valence-corrected chi connectivity index (χ3v) is 5.71. The van der Waals surface area contributed by atoms with Gasteiger partial charge in [-0.3, -0.25) is 0 Å². The van der Waals surface area contributed by atoms with Gasteiger partial charge in [0.1, 0.15) is 11.6 Å². The lowest BCUT2D eigenvalue weighted by molar-refractivity contribution is 0.0734. The first kappa shape index (κ1) is 19.3. The maximum Gasteiger partial charge on any atom is 0.343 e. The maximum absolute atomic E-state index is 12.6. The lowest BCUT2D eigenvalue weighted by Gasteiger charge is -2.19. The Balaban J connectivity index is 1.39. The van der Waals surface area contributed by atoms with E-state index in [2.05, 4.69) is 42.2 Å². The first-order valence-electron chi connectivity index (χ1n) is 10.5. The minimum atomic E-state index is -0.349. The van der Waals surface area contributed by atoms with Crippen molar-refractivity contribution < 1.29 is 9.53 Å². The number of benzene rings is 3. The number of nitrogens with zero attached hydrogens (tertiary/aromatic N) is 2. The normalized spacial score (nSPS) is 12.8. The molecule has 0 amide bonds. The summed E-state index contributed by atoms with van der Waals surface area (Å²) >= 11 is 0. The van der Waals surface area contributed by atoms with Crippen LogP contribution in [0.2, 0.25) is 0 Å². The summed E-state index contributed by atoms with van der Waals surface area (Å²) in [4.78, 5) is 19.8. The number of carbonyl (C=O) groups is 1. The number of carbonyl (C=O) groups excluding carboxylic acids is 1. The third kappa shape index (κ3) is 3.77. The van der Waals surface area contributed by atoms with Crippen LogP contribution in [-0.4, -0.2) is 17.5 Å². The second kappa shape index (κ2) is 7.55. The molecule has 0 unspecified atom stereocenters. The molecule has 0 aliphatic carbocycles. The summed E-state index contributed by atoms with van der Waals surface area (Å²) in [6.07, 6.45) is 0.961. The number of aromatic nitrogens is 1. The second-order valence-corrected chi connectivity index (χ2v) is 8.33. The third-order valence-electron chi connectivity index (χ3n) is 5.71. The second-order valence-electron chi connectivity index (χ2n) is 8.33. The molecule has 0 saturated carbocycles. The predicted octanol–water partition coefficient (Wildman–Crippen LogP) is 6.07. The fourth-order valence-electron chi connectivity index (χ4n) is 4.25. The van der Waals surface area contributed by atoms with Crippen molar-refractivity contribution in [2.75, 3.05) is 11.4 Å². The highest BCUT2D eigenvalue weighted by atomic mass is 16.5. The number of hydrogen-bond acceptors (Lipinski definition) is 4. The van der Waals surface area contributed by atoms with E-state index in [1.165, 1.54) is 16.5 Å². The van der Waals surface area contributed by atoms with Gasteiger partial charge in [-0.2, -0.15) is 0 Å². The molecule has 0 atom stereocenters. The number of hydrogen-bond donors (Lipinski definition) is 0. The summed E-state index contributed by atoms with van der Waals surface area (Å²) in [5.74, 6) is 1.23. The van der Waals surface area contributed by atoms with Gasteiger partial charge in [0, 0.05) is 17.6 Å². The van der Waals surface area contributed by atoms with Crippen molar-refractivity contribution in [3.8, 4) is 5.75 Å². The zero-order valence-electron chi connectivity index (χ0n) is 18.0. The van der Waals surface area contributed by atoms with Crippen LogP contribution in [-0.2, 0) is 6.42 Å². The van der Waals surface area contributed by atoms with Crippen molar-refractivity contribution in [1.82, 2.24) is 4.98 Å². The Morgan fingerprint density at radius 1 is 0.871 bits per heavy atom. The first-order chi connectivity index (χ1) is 15.0. The van der Waals surface area contributed by atoms with Crippen molar-refractivity contribution in [2.24, 2.45) is 0 Å². The number of rotatable bonds is 3. The maximum atomic E-state index is 12.6. The summed E-state index contributed by atoms with van der Waals surface area (Å²) in [6, 6.07) is 22.0. The standard InChI is InChI=1S/C27H24N2O2/c1-17-4-5-21-16-22-10-11-29(26(22)28-25(21)15-17)23-8-6-20(7-9-23)27(30)31-24-13-18(2)12-19(3)14-24/h4-9,12-16H,10-11H2,1-3H3. The van der Waals surface area contributed by atoms with E-state index in [1.807, 2.05) is 50.2 Å². The Bertz CT molecular complexity index is 1290. The van der Waals surface area contributed by atoms with Crippen LogP contribution in [0.15, 0.2) is 66.7 Å². The molecule has 3 aromatic carbocycles. The molecule has 0 radical (unpaired) electrons. The van der Waals surface area contributed by atoms with Gasteiger partial charge in [0.05, 0.1) is 11.1 Å². The zero-order chi connectivity index (χ0) is 21.5. The number of aryl methyl sites for hydroxylation is 3. The molecule has 5 rings (SSSR count). The fraction of sp³-hybridized carbons (Fsp3) is 0.185. The van der Waals surface area contributed by atoms with Crippen LogP contribution in [0.5, 0.6) is 5.75 Å². The van der Waals surface area contributed by atoms with Crippen molar-refractivity contribution >= 4 is 28.4 Å². The summed E-state index contributed by atoms with van der Waals surface area (Å²) in [5, 5.41) is 1.18. The van der Waals surface area contributed by atoms with Gasteiger partial charge in [0.25, 0.3) is 0 Å². The number of esters is 1. The molecule has 4 heteroatoms. The molecular weight excluding hydrogens is 384 g/mol. The number of pyridine rings is 1. The largest absolute Gasteiger partial charge is 0.423 e. The van der Waals surface area contributed by atoms with Crippen molar-refractivity contribution in [1.29, 1.82) is 0 Å². The van der Waals surface area contributed by atoms with Gasteiger partial charge in [-0.15, -0.1) is 0 Å². The van der Waals surface area contributed by atoms with Crippen LogP contribution in [0.4, 0.5) is 11.5 Å². The predicted molar refractivity (Wildman–Crippen MR) is 125 cm³/mol. The molecule has 4 nitrogen and oxygen atoms in total. The van der Waals surface area contributed by atoms with Gasteiger partial charge in [-0.05, 0) is 98.0 Å². The van der Waals surface area contributed by atoms with Crippen molar-refractivity contribution in [3.63, 3.8) is 0 Å². The van der Waals surface area contributed by atoms with Crippen molar-refractivity contribution in [2.45, 2.75) is 27.2 Å². The van der Waals surface area contributed by atoms with Crippen LogP contribution < -0.4 is 9.64 Å². The van der Waals surface area contributed by atoms with E-state index in [0.29, 0.717) is 11.3 Å².